The minimum Gasteiger partial charge on any atom is -0.743 e. The molecule has 0 aromatic carbocycles. The van der Waals surface area contributed by atoms with Crippen LogP contribution in [0.15, 0.2) is 12.7 Å². The third kappa shape index (κ3) is 3.63. The van der Waals surface area contributed by atoms with E-state index in [1.807, 2.05) is 0 Å². The van der Waals surface area contributed by atoms with Crippen molar-refractivity contribution in [2.24, 2.45) is 0 Å². The fourth-order valence-electron chi connectivity index (χ4n) is 0.621. The van der Waals surface area contributed by atoms with Crippen LogP contribution in [0.4, 0.5) is 22.0 Å². The van der Waals surface area contributed by atoms with E-state index >= 15 is 0 Å². The SMILES string of the molecule is C=CC(=O)OC(C(F)(F)F)C(F)(F)S(=O)(=O)[O-]. The maximum absolute atomic E-state index is 12.7. The van der Waals surface area contributed by atoms with Crippen molar-refractivity contribution < 1.29 is 44.5 Å². The van der Waals surface area contributed by atoms with E-state index in [0.717, 1.165) is 0 Å². The second kappa shape index (κ2) is 4.56. The molecule has 0 spiro atoms. The van der Waals surface area contributed by atoms with Gasteiger partial charge < -0.3 is 9.29 Å². The first kappa shape index (κ1) is 15.8. The van der Waals surface area contributed by atoms with Crippen molar-refractivity contribution >= 4 is 16.1 Å². The predicted octanol–water partition coefficient (Wildman–Crippen LogP) is 0.785. The van der Waals surface area contributed by atoms with Crippen LogP contribution in [0.3, 0.4) is 0 Å². The van der Waals surface area contributed by atoms with Crippen molar-refractivity contribution in [3.63, 3.8) is 0 Å². The van der Waals surface area contributed by atoms with Crippen LogP contribution in [0.2, 0.25) is 0 Å². The van der Waals surface area contributed by atoms with E-state index < -0.39 is 33.6 Å². The molecule has 0 saturated heterocycles. The first-order chi connectivity index (χ1) is 7.34. The monoisotopic (exact) mass is 283 g/mol. The van der Waals surface area contributed by atoms with Crippen molar-refractivity contribution in [1.82, 2.24) is 0 Å². The second-order valence-corrected chi connectivity index (χ2v) is 4.03. The molecular weight excluding hydrogens is 279 g/mol. The van der Waals surface area contributed by atoms with Gasteiger partial charge in [0.2, 0.25) is 0 Å². The van der Waals surface area contributed by atoms with Crippen LogP contribution in [0.1, 0.15) is 0 Å². The summed E-state index contributed by atoms with van der Waals surface area (Å²) in [6.45, 7) is 2.63. The average molecular weight is 283 g/mol. The van der Waals surface area contributed by atoms with Crippen LogP contribution in [0, 0.1) is 0 Å². The Morgan fingerprint density at radius 2 is 1.71 bits per heavy atom. The van der Waals surface area contributed by atoms with E-state index in [1.54, 1.807) is 0 Å². The van der Waals surface area contributed by atoms with Gasteiger partial charge in [0.05, 0.1) is 0 Å². The Labute approximate surface area is 91.6 Å². The fraction of sp³-hybridized carbons (Fsp3) is 0.500. The third-order valence-electron chi connectivity index (χ3n) is 1.34. The van der Waals surface area contributed by atoms with Gasteiger partial charge >= 0.3 is 17.4 Å². The topological polar surface area (TPSA) is 83.5 Å². The zero-order valence-electron chi connectivity index (χ0n) is 7.70. The summed E-state index contributed by atoms with van der Waals surface area (Å²) < 4.78 is 94.6. The normalized spacial score (nSPS) is 15.2. The molecule has 0 aliphatic heterocycles. The van der Waals surface area contributed by atoms with Gasteiger partial charge in [-0.2, -0.15) is 22.0 Å². The number of hydrogen-bond acceptors (Lipinski definition) is 5. The molecule has 1 atom stereocenters. The standard InChI is InChI=1S/C6H5F5O5S/c1-2-3(12)16-4(5(7,8)9)6(10,11)17(13,14)15/h2,4H,1H2,(H,13,14,15)/p-1. The quantitative estimate of drug-likeness (QED) is 0.329. The largest absolute Gasteiger partial charge is 0.743 e. The van der Waals surface area contributed by atoms with E-state index in [4.69, 9.17) is 0 Å². The number of rotatable bonds is 4. The Morgan fingerprint density at radius 3 is 1.94 bits per heavy atom. The molecule has 0 saturated carbocycles. The van der Waals surface area contributed by atoms with Gasteiger partial charge in [-0.05, 0) is 0 Å². The molecule has 0 heterocycles. The van der Waals surface area contributed by atoms with Gasteiger partial charge in [-0.3, -0.25) is 0 Å². The first-order valence-corrected chi connectivity index (χ1v) is 4.98. The fourth-order valence-corrected chi connectivity index (χ4v) is 1.07. The zero-order valence-corrected chi connectivity index (χ0v) is 8.52. The Hall–Kier alpha value is -1.23. The minimum absolute atomic E-state index is 0.103. The van der Waals surface area contributed by atoms with Crippen molar-refractivity contribution in [3.05, 3.63) is 12.7 Å². The third-order valence-corrected chi connectivity index (χ3v) is 2.22. The lowest BCUT2D eigenvalue weighted by atomic mass is 10.3. The number of hydrogen-bond donors (Lipinski definition) is 0. The molecule has 0 aromatic heterocycles. The lowest BCUT2D eigenvalue weighted by Crippen LogP contribution is -2.52. The summed E-state index contributed by atoms with van der Waals surface area (Å²) >= 11 is 0. The van der Waals surface area contributed by atoms with Crippen LogP contribution in [0.5, 0.6) is 0 Å². The molecule has 0 aliphatic rings. The zero-order chi connectivity index (χ0) is 14.1. The van der Waals surface area contributed by atoms with E-state index in [1.165, 1.54) is 0 Å². The molecule has 0 radical (unpaired) electrons. The Balaban J connectivity index is 5.50. The summed E-state index contributed by atoms with van der Waals surface area (Å²) in [6.07, 6.45) is -10.2. The Morgan fingerprint density at radius 1 is 1.29 bits per heavy atom. The molecule has 0 fully saturated rings. The average Bonchev–Trinajstić information content (AvgIpc) is 2.09. The van der Waals surface area contributed by atoms with Gasteiger partial charge in [-0.15, -0.1) is 0 Å². The molecule has 0 bridgehead atoms. The molecular formula is C6H4F5O5S-. The number of ether oxygens (including phenoxy) is 1. The molecule has 0 rings (SSSR count). The van der Waals surface area contributed by atoms with Gasteiger partial charge in [0.15, 0.2) is 10.1 Å². The molecule has 0 aliphatic carbocycles. The number of carbonyl (C=O) groups excluding carboxylic acids is 1. The maximum atomic E-state index is 12.7. The van der Waals surface area contributed by atoms with E-state index in [2.05, 4.69) is 11.3 Å². The smallest absolute Gasteiger partial charge is 0.432 e. The highest BCUT2D eigenvalue weighted by atomic mass is 32.2. The molecule has 11 heteroatoms. The summed E-state index contributed by atoms with van der Waals surface area (Å²) in [5, 5.41) is -5.83. The van der Waals surface area contributed by atoms with Crippen LogP contribution in [-0.2, 0) is 19.6 Å². The highest BCUT2D eigenvalue weighted by Gasteiger charge is 2.62. The number of esters is 1. The van der Waals surface area contributed by atoms with Crippen LogP contribution < -0.4 is 0 Å². The summed E-state index contributed by atoms with van der Waals surface area (Å²) in [5.74, 6) is -1.95. The Kier molecular flexibility index (Phi) is 4.23. The van der Waals surface area contributed by atoms with Gasteiger partial charge in [0, 0.05) is 6.08 Å². The molecule has 5 nitrogen and oxygen atoms in total. The van der Waals surface area contributed by atoms with Gasteiger partial charge in [-0.1, -0.05) is 6.58 Å². The predicted molar refractivity (Wildman–Crippen MR) is 40.8 cm³/mol. The van der Waals surface area contributed by atoms with Crippen molar-refractivity contribution in [1.29, 1.82) is 0 Å². The van der Waals surface area contributed by atoms with E-state index in [0.29, 0.717) is 0 Å². The van der Waals surface area contributed by atoms with Crippen molar-refractivity contribution in [2.75, 3.05) is 0 Å². The van der Waals surface area contributed by atoms with Gasteiger partial charge in [0.25, 0.3) is 6.10 Å². The number of alkyl halides is 5. The highest BCUT2D eigenvalue weighted by Crippen LogP contribution is 2.37. The van der Waals surface area contributed by atoms with Crippen molar-refractivity contribution in [3.8, 4) is 0 Å². The summed E-state index contributed by atoms with van der Waals surface area (Å²) in [6, 6.07) is 0. The van der Waals surface area contributed by atoms with Crippen LogP contribution >= 0.6 is 0 Å². The molecule has 0 aromatic rings. The van der Waals surface area contributed by atoms with Crippen molar-refractivity contribution in [2.45, 2.75) is 17.5 Å². The minimum atomic E-state index is -6.65. The van der Waals surface area contributed by atoms with Gasteiger partial charge in [0.1, 0.15) is 0 Å². The molecule has 17 heavy (non-hydrogen) atoms. The summed E-state index contributed by atoms with van der Waals surface area (Å²) in [5.41, 5.74) is 0. The highest BCUT2D eigenvalue weighted by molar-refractivity contribution is 7.86. The number of carbonyl (C=O) groups is 1. The van der Waals surface area contributed by atoms with Gasteiger partial charge in [-0.25, -0.2) is 13.2 Å². The molecule has 100 valence electrons. The molecule has 0 amide bonds. The molecule has 1 unspecified atom stereocenters. The lowest BCUT2D eigenvalue weighted by molar-refractivity contribution is -0.257. The lowest BCUT2D eigenvalue weighted by Gasteiger charge is -2.29. The molecule has 0 N–H and O–H groups in total. The van der Waals surface area contributed by atoms with E-state index in [9.17, 15) is 39.7 Å². The summed E-state index contributed by atoms with van der Waals surface area (Å²) in [7, 11) is -6.65. The van der Waals surface area contributed by atoms with Crippen LogP contribution in [0.25, 0.3) is 0 Å². The van der Waals surface area contributed by atoms with Crippen LogP contribution in [-0.4, -0.2) is 36.5 Å². The second-order valence-electron chi connectivity index (χ2n) is 2.58. The number of halogens is 5. The maximum Gasteiger partial charge on any atom is 0.432 e. The Bertz CT molecular complexity index is 411. The first-order valence-electron chi connectivity index (χ1n) is 3.57. The van der Waals surface area contributed by atoms with E-state index in [-0.39, 0.29) is 6.08 Å². The summed E-state index contributed by atoms with van der Waals surface area (Å²) in [4.78, 5) is 10.4.